The van der Waals surface area contributed by atoms with Gasteiger partial charge >= 0.3 is 6.18 Å². The van der Waals surface area contributed by atoms with E-state index in [-0.39, 0.29) is 18.0 Å². The van der Waals surface area contributed by atoms with Crippen LogP contribution in [0.4, 0.5) is 13.2 Å². The van der Waals surface area contributed by atoms with Crippen molar-refractivity contribution < 1.29 is 18.0 Å². The van der Waals surface area contributed by atoms with Crippen LogP contribution in [0.1, 0.15) is 37.7 Å². The van der Waals surface area contributed by atoms with Crippen LogP contribution in [0, 0.1) is 5.92 Å². The van der Waals surface area contributed by atoms with Crippen LogP contribution in [-0.2, 0) is 4.79 Å². The van der Waals surface area contributed by atoms with E-state index in [9.17, 15) is 18.0 Å². The van der Waals surface area contributed by atoms with Crippen LogP contribution in [0.3, 0.4) is 0 Å². The van der Waals surface area contributed by atoms with Gasteiger partial charge in [0.25, 0.3) is 0 Å². The first kappa shape index (κ1) is 16.8. The molecule has 0 aromatic heterocycles. The van der Waals surface area contributed by atoms with Crippen molar-refractivity contribution >= 4 is 5.91 Å². The molecule has 1 aliphatic carbocycles. The fourth-order valence-electron chi connectivity index (χ4n) is 2.70. The van der Waals surface area contributed by atoms with Gasteiger partial charge in [-0.2, -0.15) is 13.2 Å². The second kappa shape index (κ2) is 6.28. The number of hydrogen-bond acceptors (Lipinski definition) is 2. The Labute approximate surface area is 128 Å². The van der Waals surface area contributed by atoms with E-state index in [1.807, 2.05) is 0 Å². The van der Waals surface area contributed by atoms with E-state index in [0.29, 0.717) is 0 Å². The molecule has 0 saturated heterocycles. The van der Waals surface area contributed by atoms with Gasteiger partial charge in [0.05, 0.1) is 11.5 Å². The van der Waals surface area contributed by atoms with Gasteiger partial charge in [0, 0.05) is 13.0 Å². The van der Waals surface area contributed by atoms with Crippen molar-refractivity contribution in [2.24, 2.45) is 11.7 Å². The zero-order valence-corrected chi connectivity index (χ0v) is 12.5. The Balaban J connectivity index is 2.09. The van der Waals surface area contributed by atoms with Crippen LogP contribution >= 0.6 is 0 Å². The molecule has 3 nitrogen and oxygen atoms in total. The average Bonchev–Trinajstić information content (AvgIpc) is 3.29. The number of amides is 1. The Kier molecular flexibility index (Phi) is 4.80. The lowest BCUT2D eigenvalue weighted by Gasteiger charge is -2.30. The predicted octanol–water partition coefficient (Wildman–Crippen LogP) is 2.97. The van der Waals surface area contributed by atoms with Gasteiger partial charge in [0.2, 0.25) is 5.91 Å². The summed E-state index contributed by atoms with van der Waals surface area (Å²) in [5.41, 5.74) is 5.18. The Bertz CT molecular complexity index is 514. The molecule has 1 amide bonds. The predicted molar refractivity (Wildman–Crippen MR) is 78.2 cm³/mol. The summed E-state index contributed by atoms with van der Waals surface area (Å²) in [7, 11) is 0. The highest BCUT2D eigenvalue weighted by Gasteiger charge is 2.45. The Morgan fingerprint density at radius 2 is 1.91 bits per heavy atom. The van der Waals surface area contributed by atoms with Crippen LogP contribution in [0.2, 0.25) is 0 Å². The largest absolute Gasteiger partial charge is 0.396 e. The molecule has 1 aromatic rings. The van der Waals surface area contributed by atoms with Crippen molar-refractivity contribution in [2.45, 2.75) is 43.8 Å². The van der Waals surface area contributed by atoms with Gasteiger partial charge in [0.15, 0.2) is 0 Å². The van der Waals surface area contributed by atoms with E-state index in [4.69, 9.17) is 5.73 Å². The molecule has 2 atom stereocenters. The molecule has 2 rings (SSSR count). The lowest BCUT2D eigenvalue weighted by atomic mass is 9.92. The van der Waals surface area contributed by atoms with Crippen molar-refractivity contribution in [3.8, 4) is 0 Å². The maximum absolute atomic E-state index is 13.2. The summed E-state index contributed by atoms with van der Waals surface area (Å²) >= 11 is 0. The van der Waals surface area contributed by atoms with E-state index < -0.39 is 30.0 Å². The monoisotopic (exact) mass is 314 g/mol. The molecule has 1 aliphatic rings. The zero-order chi connectivity index (χ0) is 16.4. The summed E-state index contributed by atoms with van der Waals surface area (Å²) in [6, 6.07) is 7.53. The molecule has 0 aliphatic heterocycles. The van der Waals surface area contributed by atoms with E-state index in [0.717, 1.165) is 12.8 Å². The summed E-state index contributed by atoms with van der Waals surface area (Å²) in [4.78, 5) is 12.1. The first-order chi connectivity index (χ1) is 10.3. The average molecular weight is 314 g/mol. The molecule has 122 valence electrons. The van der Waals surface area contributed by atoms with Crippen molar-refractivity contribution in [3.05, 3.63) is 35.9 Å². The lowest BCUT2D eigenvalue weighted by Crippen LogP contribution is -2.53. The van der Waals surface area contributed by atoms with Crippen molar-refractivity contribution in [1.29, 1.82) is 0 Å². The fourth-order valence-corrected chi connectivity index (χ4v) is 2.70. The number of rotatable bonds is 6. The molecule has 0 bridgehead atoms. The third kappa shape index (κ3) is 4.00. The van der Waals surface area contributed by atoms with Crippen molar-refractivity contribution in [3.63, 3.8) is 0 Å². The van der Waals surface area contributed by atoms with Crippen LogP contribution in [0.25, 0.3) is 0 Å². The van der Waals surface area contributed by atoms with Gasteiger partial charge in [0.1, 0.15) is 0 Å². The minimum absolute atomic E-state index is 0.103. The molecular formula is C16H21F3N2O. The number of carbonyl (C=O) groups is 1. The van der Waals surface area contributed by atoms with E-state index >= 15 is 0 Å². The van der Waals surface area contributed by atoms with Gasteiger partial charge in [-0.25, -0.2) is 0 Å². The zero-order valence-electron chi connectivity index (χ0n) is 12.5. The smallest absolute Gasteiger partial charge is 0.349 e. The molecule has 22 heavy (non-hydrogen) atoms. The third-order valence-corrected chi connectivity index (χ3v) is 4.31. The molecule has 3 N–H and O–H groups in total. The summed E-state index contributed by atoms with van der Waals surface area (Å²) in [5.74, 6) is -2.14. The number of hydrogen-bond donors (Lipinski definition) is 2. The number of benzene rings is 1. The second-order valence-electron chi connectivity index (χ2n) is 6.15. The number of nitrogens with one attached hydrogen (secondary N) is 1. The van der Waals surface area contributed by atoms with Gasteiger partial charge in [-0.05, 0) is 31.2 Å². The molecule has 2 unspecified atom stereocenters. The van der Waals surface area contributed by atoms with Crippen molar-refractivity contribution in [2.75, 3.05) is 6.54 Å². The number of halogens is 3. The van der Waals surface area contributed by atoms with Crippen LogP contribution in [0.5, 0.6) is 0 Å². The van der Waals surface area contributed by atoms with Crippen LogP contribution in [-0.4, -0.2) is 24.2 Å². The highest BCUT2D eigenvalue weighted by Crippen LogP contribution is 2.40. The lowest BCUT2D eigenvalue weighted by molar-refractivity contribution is -0.157. The van der Waals surface area contributed by atoms with E-state index in [1.165, 1.54) is 12.1 Å². The summed E-state index contributed by atoms with van der Waals surface area (Å²) < 4.78 is 39.7. The molecule has 1 fully saturated rings. The van der Waals surface area contributed by atoms with Crippen LogP contribution in [0.15, 0.2) is 30.3 Å². The maximum atomic E-state index is 13.2. The molecule has 6 heteroatoms. The molecule has 0 radical (unpaired) electrons. The highest BCUT2D eigenvalue weighted by atomic mass is 19.4. The summed E-state index contributed by atoms with van der Waals surface area (Å²) in [6.45, 7) is 2.03. The maximum Gasteiger partial charge on any atom is 0.396 e. The molecule has 0 spiro atoms. The first-order valence-electron chi connectivity index (χ1n) is 7.39. The minimum Gasteiger partial charge on any atom is -0.349 e. The van der Waals surface area contributed by atoms with Gasteiger partial charge in [-0.1, -0.05) is 30.3 Å². The number of alkyl halides is 3. The Hall–Kier alpha value is -1.56. The Morgan fingerprint density at radius 3 is 2.36 bits per heavy atom. The highest BCUT2D eigenvalue weighted by molar-refractivity contribution is 5.78. The SMILES string of the molecule is CC(CN)(NC(=O)CC(c1ccccc1)C(F)(F)F)C1CC1. The fraction of sp³-hybridized carbons (Fsp3) is 0.562. The normalized spacial score (nSPS) is 19.3. The molecule has 1 aromatic carbocycles. The van der Waals surface area contributed by atoms with Gasteiger partial charge < -0.3 is 11.1 Å². The van der Waals surface area contributed by atoms with Gasteiger partial charge in [-0.3, -0.25) is 4.79 Å². The number of carbonyl (C=O) groups excluding carboxylic acids is 1. The molecule has 1 saturated carbocycles. The summed E-state index contributed by atoms with van der Waals surface area (Å²) in [6.07, 6.45) is -3.17. The summed E-state index contributed by atoms with van der Waals surface area (Å²) in [5, 5.41) is 2.71. The number of nitrogens with two attached hydrogens (primary N) is 1. The topological polar surface area (TPSA) is 55.1 Å². The minimum atomic E-state index is -4.46. The van der Waals surface area contributed by atoms with E-state index in [1.54, 1.807) is 25.1 Å². The molecular weight excluding hydrogens is 293 g/mol. The Morgan fingerprint density at radius 1 is 1.32 bits per heavy atom. The third-order valence-electron chi connectivity index (χ3n) is 4.31. The molecule has 0 heterocycles. The van der Waals surface area contributed by atoms with Crippen LogP contribution < -0.4 is 11.1 Å². The van der Waals surface area contributed by atoms with E-state index in [2.05, 4.69) is 5.32 Å². The second-order valence-corrected chi connectivity index (χ2v) is 6.15. The van der Waals surface area contributed by atoms with Gasteiger partial charge in [-0.15, -0.1) is 0 Å². The standard InChI is InChI=1S/C16H21F3N2O/c1-15(10-20,12-7-8-12)21-14(22)9-13(16(17,18)19)11-5-3-2-4-6-11/h2-6,12-13H,7-10,20H2,1H3,(H,21,22). The van der Waals surface area contributed by atoms with Crippen molar-refractivity contribution in [1.82, 2.24) is 5.32 Å². The quantitative estimate of drug-likeness (QED) is 0.848. The first-order valence-corrected chi connectivity index (χ1v) is 7.39.